The third-order valence-corrected chi connectivity index (χ3v) is 5.22. The fraction of sp³-hybridized carbons (Fsp3) is 0.750. The van der Waals surface area contributed by atoms with Crippen molar-refractivity contribution in [2.24, 2.45) is 7.05 Å². The molecule has 1 amide bonds. The van der Waals surface area contributed by atoms with Crippen LogP contribution in [0.4, 0.5) is 0 Å². The highest BCUT2D eigenvalue weighted by molar-refractivity contribution is 5.93. The first kappa shape index (κ1) is 15.1. The Morgan fingerprint density at radius 3 is 3.04 bits per heavy atom. The molecule has 1 N–H and O–H groups in total. The molecule has 4 atom stereocenters. The maximum atomic E-state index is 12.5. The first-order valence-electron chi connectivity index (χ1n) is 8.47. The molecule has 7 nitrogen and oxygen atoms in total. The van der Waals surface area contributed by atoms with Crippen LogP contribution in [0.1, 0.15) is 29.6 Å². The third kappa shape index (κ3) is 2.88. The van der Waals surface area contributed by atoms with E-state index in [9.17, 15) is 4.79 Å². The van der Waals surface area contributed by atoms with E-state index < -0.39 is 0 Å². The van der Waals surface area contributed by atoms with E-state index in [4.69, 9.17) is 9.47 Å². The number of carbonyl (C=O) groups excluding carboxylic acids is 1. The minimum absolute atomic E-state index is 0.0357. The van der Waals surface area contributed by atoms with E-state index in [-0.39, 0.29) is 18.1 Å². The highest BCUT2D eigenvalue weighted by Crippen LogP contribution is 2.32. The van der Waals surface area contributed by atoms with E-state index in [0.29, 0.717) is 17.6 Å². The van der Waals surface area contributed by atoms with Crippen molar-refractivity contribution in [3.05, 3.63) is 18.0 Å². The van der Waals surface area contributed by atoms with Crippen LogP contribution >= 0.6 is 0 Å². The van der Waals surface area contributed by atoms with Crippen molar-refractivity contribution in [1.82, 2.24) is 20.0 Å². The zero-order valence-electron chi connectivity index (χ0n) is 13.5. The van der Waals surface area contributed by atoms with Crippen molar-refractivity contribution in [2.45, 2.75) is 43.5 Å². The molecule has 0 spiro atoms. The largest absolute Gasteiger partial charge is 0.380 e. The van der Waals surface area contributed by atoms with Gasteiger partial charge in [-0.15, -0.1) is 0 Å². The molecular weight excluding hydrogens is 296 g/mol. The fourth-order valence-corrected chi connectivity index (χ4v) is 4.11. The number of rotatable bonds is 3. The molecule has 0 unspecified atom stereocenters. The molecule has 4 heterocycles. The number of ether oxygens (including phenoxy) is 2. The Morgan fingerprint density at radius 1 is 1.39 bits per heavy atom. The van der Waals surface area contributed by atoms with E-state index >= 15 is 0 Å². The van der Waals surface area contributed by atoms with E-state index in [0.717, 1.165) is 45.6 Å². The summed E-state index contributed by atoms with van der Waals surface area (Å²) in [6.45, 7) is 3.27. The topological polar surface area (TPSA) is 68.6 Å². The second-order valence-corrected chi connectivity index (χ2v) is 6.74. The molecule has 0 bridgehead atoms. The van der Waals surface area contributed by atoms with Gasteiger partial charge in [0.1, 0.15) is 0 Å². The second kappa shape index (κ2) is 6.22. The lowest BCUT2D eigenvalue weighted by Gasteiger charge is -2.34. The Kier molecular flexibility index (Phi) is 4.09. The Hall–Kier alpha value is -1.44. The normalized spacial score (nSPS) is 34.5. The predicted molar refractivity (Wildman–Crippen MR) is 83.2 cm³/mol. The number of aromatic nitrogens is 2. The van der Waals surface area contributed by atoms with Crippen molar-refractivity contribution < 1.29 is 14.3 Å². The first-order chi connectivity index (χ1) is 11.2. The van der Waals surface area contributed by atoms with Crippen LogP contribution in [0.15, 0.2) is 12.4 Å². The number of hydrogen-bond donors (Lipinski definition) is 1. The first-order valence-corrected chi connectivity index (χ1v) is 8.47. The van der Waals surface area contributed by atoms with Crippen LogP contribution in [0.3, 0.4) is 0 Å². The van der Waals surface area contributed by atoms with Crippen molar-refractivity contribution in [3.63, 3.8) is 0 Å². The van der Waals surface area contributed by atoms with Gasteiger partial charge in [0.2, 0.25) is 0 Å². The van der Waals surface area contributed by atoms with Gasteiger partial charge in [-0.05, 0) is 19.3 Å². The number of nitrogens with zero attached hydrogens (tertiary/aromatic N) is 3. The summed E-state index contributed by atoms with van der Waals surface area (Å²) in [5.74, 6) is -0.0689. The molecule has 126 valence electrons. The van der Waals surface area contributed by atoms with E-state index in [1.165, 1.54) is 0 Å². The number of hydrogen-bond acceptors (Lipinski definition) is 5. The van der Waals surface area contributed by atoms with Crippen molar-refractivity contribution in [1.29, 1.82) is 0 Å². The number of amides is 1. The van der Waals surface area contributed by atoms with Gasteiger partial charge in [0, 0.05) is 45.1 Å². The van der Waals surface area contributed by atoms with Gasteiger partial charge in [0.25, 0.3) is 5.91 Å². The maximum Gasteiger partial charge on any atom is 0.254 e. The highest BCUT2D eigenvalue weighted by Gasteiger charge is 2.47. The van der Waals surface area contributed by atoms with Crippen molar-refractivity contribution >= 4 is 5.91 Å². The number of aryl methyl sites for hydroxylation is 1. The lowest BCUT2D eigenvalue weighted by atomic mass is 10.00. The molecule has 1 aromatic heterocycles. The Morgan fingerprint density at radius 2 is 2.30 bits per heavy atom. The molecule has 3 saturated heterocycles. The SMILES string of the molecule is Cn1cc(C(=O)N[C@H]2CN([C@H]3CCOC3)[C@@H]3CCCO[C@H]23)cn1. The van der Waals surface area contributed by atoms with Crippen LogP contribution < -0.4 is 5.32 Å². The molecule has 7 heteroatoms. The standard InChI is InChI=1S/C16H24N4O3/c1-19-8-11(7-17-19)16(21)18-13-9-20(12-4-6-22-10-12)14-3-2-5-23-15(13)14/h7-8,12-15H,2-6,9-10H2,1H3,(H,18,21)/t12-,13-,14+,15+/m0/s1. The summed E-state index contributed by atoms with van der Waals surface area (Å²) in [5, 5.41) is 7.23. The molecule has 3 aliphatic rings. The summed E-state index contributed by atoms with van der Waals surface area (Å²) in [6.07, 6.45) is 6.74. The van der Waals surface area contributed by atoms with Crippen LogP contribution in [0.2, 0.25) is 0 Å². The van der Waals surface area contributed by atoms with Crippen LogP contribution in [-0.4, -0.2) is 71.2 Å². The minimum atomic E-state index is -0.0689. The van der Waals surface area contributed by atoms with Gasteiger partial charge in [-0.1, -0.05) is 0 Å². The maximum absolute atomic E-state index is 12.5. The lowest BCUT2D eigenvalue weighted by molar-refractivity contribution is -0.0270. The van der Waals surface area contributed by atoms with E-state index in [2.05, 4.69) is 15.3 Å². The third-order valence-electron chi connectivity index (χ3n) is 5.22. The second-order valence-electron chi connectivity index (χ2n) is 6.74. The van der Waals surface area contributed by atoms with E-state index in [1.807, 2.05) is 7.05 Å². The number of carbonyl (C=O) groups is 1. The van der Waals surface area contributed by atoms with Crippen molar-refractivity contribution in [3.8, 4) is 0 Å². The molecular formula is C16H24N4O3. The predicted octanol–water partition coefficient (Wildman–Crippen LogP) is 0.171. The Balaban J connectivity index is 1.48. The van der Waals surface area contributed by atoms with Gasteiger partial charge in [0.15, 0.2) is 0 Å². The molecule has 4 rings (SSSR count). The molecule has 0 radical (unpaired) electrons. The molecule has 3 aliphatic heterocycles. The van der Waals surface area contributed by atoms with Gasteiger partial charge in [-0.2, -0.15) is 5.10 Å². The van der Waals surface area contributed by atoms with Crippen LogP contribution in [0.5, 0.6) is 0 Å². The van der Waals surface area contributed by atoms with Gasteiger partial charge in [-0.3, -0.25) is 14.4 Å². The minimum Gasteiger partial charge on any atom is -0.380 e. The average Bonchev–Trinajstić information content (AvgIpc) is 3.27. The summed E-state index contributed by atoms with van der Waals surface area (Å²) in [7, 11) is 1.81. The molecule has 0 saturated carbocycles. The van der Waals surface area contributed by atoms with Crippen molar-refractivity contribution in [2.75, 3.05) is 26.4 Å². The lowest BCUT2D eigenvalue weighted by Crippen LogP contribution is -2.48. The summed E-state index contributed by atoms with van der Waals surface area (Å²) >= 11 is 0. The van der Waals surface area contributed by atoms with Crippen LogP contribution in [-0.2, 0) is 16.5 Å². The fourth-order valence-electron chi connectivity index (χ4n) is 4.11. The molecule has 1 aromatic rings. The van der Waals surface area contributed by atoms with Gasteiger partial charge < -0.3 is 14.8 Å². The summed E-state index contributed by atoms with van der Waals surface area (Å²) in [4.78, 5) is 15.0. The monoisotopic (exact) mass is 320 g/mol. The highest BCUT2D eigenvalue weighted by atomic mass is 16.5. The number of likely N-dealkylation sites (tertiary alicyclic amines) is 1. The number of nitrogens with one attached hydrogen (secondary N) is 1. The van der Waals surface area contributed by atoms with Gasteiger partial charge in [0.05, 0.1) is 30.5 Å². The van der Waals surface area contributed by atoms with Gasteiger partial charge in [-0.25, -0.2) is 0 Å². The Labute approximate surface area is 135 Å². The summed E-state index contributed by atoms with van der Waals surface area (Å²) in [5.41, 5.74) is 0.600. The number of fused-ring (bicyclic) bond motifs is 1. The zero-order chi connectivity index (χ0) is 15.8. The zero-order valence-corrected chi connectivity index (χ0v) is 13.5. The van der Waals surface area contributed by atoms with Crippen LogP contribution in [0.25, 0.3) is 0 Å². The molecule has 0 aromatic carbocycles. The summed E-state index contributed by atoms with van der Waals surface area (Å²) < 4.78 is 13.2. The molecule has 3 fully saturated rings. The van der Waals surface area contributed by atoms with Crippen LogP contribution in [0, 0.1) is 0 Å². The molecule has 0 aliphatic carbocycles. The molecule has 23 heavy (non-hydrogen) atoms. The quantitative estimate of drug-likeness (QED) is 0.860. The van der Waals surface area contributed by atoms with Gasteiger partial charge >= 0.3 is 0 Å². The van der Waals surface area contributed by atoms with E-state index in [1.54, 1.807) is 17.1 Å². The summed E-state index contributed by atoms with van der Waals surface area (Å²) in [6, 6.07) is 0.896. The average molecular weight is 320 g/mol. The Bertz CT molecular complexity index is 569. The smallest absolute Gasteiger partial charge is 0.254 e.